The number of rotatable bonds is 5. The van der Waals surface area contributed by atoms with Gasteiger partial charge in [-0.2, -0.15) is 0 Å². The molecule has 0 N–H and O–H groups in total. The first-order valence-electron chi connectivity index (χ1n) is 7.45. The van der Waals surface area contributed by atoms with Gasteiger partial charge in [-0.15, -0.1) is 0 Å². The van der Waals surface area contributed by atoms with Gasteiger partial charge in [-0.25, -0.2) is 0 Å². The zero-order valence-corrected chi connectivity index (χ0v) is 12.9. The van der Waals surface area contributed by atoms with Crippen LogP contribution >= 0.6 is 0 Å². The number of carbonyl (C=O) groups excluding carboxylic acids is 1. The van der Waals surface area contributed by atoms with Gasteiger partial charge in [0.05, 0.1) is 5.56 Å². The topological polar surface area (TPSA) is 39.2 Å². The highest BCUT2D eigenvalue weighted by atomic mass is 16.5. The SMILES string of the molecule is Cc1ccc(-c2ccc(C=O)c(OCc3ccccc3)c2)cn1. The van der Waals surface area contributed by atoms with E-state index in [1.807, 2.05) is 67.7 Å². The van der Waals surface area contributed by atoms with Crippen molar-refractivity contribution < 1.29 is 9.53 Å². The number of aromatic nitrogens is 1. The lowest BCUT2D eigenvalue weighted by atomic mass is 10.0. The van der Waals surface area contributed by atoms with Crippen molar-refractivity contribution in [2.75, 3.05) is 0 Å². The predicted molar refractivity (Wildman–Crippen MR) is 90.6 cm³/mol. The van der Waals surface area contributed by atoms with Gasteiger partial charge >= 0.3 is 0 Å². The maximum Gasteiger partial charge on any atom is 0.153 e. The molecule has 2 aromatic carbocycles. The smallest absolute Gasteiger partial charge is 0.153 e. The number of aryl methyl sites for hydroxylation is 1. The molecule has 1 heterocycles. The second-order valence-electron chi connectivity index (χ2n) is 5.33. The molecular formula is C20H17NO2. The summed E-state index contributed by atoms with van der Waals surface area (Å²) in [4.78, 5) is 15.5. The minimum absolute atomic E-state index is 0.428. The summed E-state index contributed by atoms with van der Waals surface area (Å²) in [6.07, 6.45) is 2.64. The Morgan fingerprint density at radius 2 is 1.78 bits per heavy atom. The van der Waals surface area contributed by atoms with Crippen molar-refractivity contribution in [2.45, 2.75) is 13.5 Å². The molecule has 114 valence electrons. The van der Waals surface area contributed by atoms with E-state index in [4.69, 9.17) is 4.74 Å². The molecule has 0 fully saturated rings. The average Bonchev–Trinajstić information content (AvgIpc) is 2.61. The molecule has 0 aliphatic rings. The second kappa shape index (κ2) is 6.88. The number of benzene rings is 2. The maximum absolute atomic E-state index is 11.2. The molecule has 23 heavy (non-hydrogen) atoms. The molecule has 3 nitrogen and oxygen atoms in total. The number of hydrogen-bond donors (Lipinski definition) is 0. The van der Waals surface area contributed by atoms with E-state index in [0.29, 0.717) is 17.9 Å². The van der Waals surface area contributed by atoms with Crippen molar-refractivity contribution in [2.24, 2.45) is 0 Å². The van der Waals surface area contributed by atoms with Gasteiger partial charge in [0.15, 0.2) is 6.29 Å². The Kier molecular flexibility index (Phi) is 4.48. The fourth-order valence-electron chi connectivity index (χ4n) is 2.31. The standard InChI is InChI=1S/C20H17NO2/c1-15-7-8-18(12-21-15)17-9-10-19(13-22)20(11-17)23-14-16-5-3-2-4-6-16/h2-13H,14H2,1H3. The molecule has 0 amide bonds. The zero-order chi connectivity index (χ0) is 16.1. The molecule has 3 aromatic rings. The zero-order valence-electron chi connectivity index (χ0n) is 12.9. The fourth-order valence-corrected chi connectivity index (χ4v) is 2.31. The summed E-state index contributed by atoms with van der Waals surface area (Å²) in [6.45, 7) is 2.38. The summed E-state index contributed by atoms with van der Waals surface area (Å²) in [6, 6.07) is 19.4. The molecular weight excluding hydrogens is 286 g/mol. The summed E-state index contributed by atoms with van der Waals surface area (Å²) in [5.41, 5.74) is 4.55. The Bertz CT molecular complexity index is 796. The van der Waals surface area contributed by atoms with Gasteiger partial charge in [-0.3, -0.25) is 9.78 Å². The van der Waals surface area contributed by atoms with Crippen LogP contribution in [0.1, 0.15) is 21.6 Å². The Labute approximate surface area is 135 Å². The van der Waals surface area contributed by atoms with E-state index < -0.39 is 0 Å². The van der Waals surface area contributed by atoms with E-state index >= 15 is 0 Å². The molecule has 0 saturated heterocycles. The Morgan fingerprint density at radius 3 is 2.48 bits per heavy atom. The molecule has 0 radical (unpaired) electrons. The fraction of sp³-hybridized carbons (Fsp3) is 0.100. The molecule has 1 aromatic heterocycles. The molecule has 3 heteroatoms. The van der Waals surface area contributed by atoms with Crippen LogP contribution in [0.25, 0.3) is 11.1 Å². The lowest BCUT2D eigenvalue weighted by Gasteiger charge is -2.11. The van der Waals surface area contributed by atoms with Gasteiger partial charge in [-0.1, -0.05) is 42.5 Å². The number of pyridine rings is 1. The first-order valence-corrected chi connectivity index (χ1v) is 7.45. The Balaban J connectivity index is 1.87. The number of ether oxygens (including phenoxy) is 1. The minimum Gasteiger partial charge on any atom is -0.488 e. The first-order chi connectivity index (χ1) is 11.3. The first kappa shape index (κ1) is 15.0. The number of hydrogen-bond acceptors (Lipinski definition) is 3. The molecule has 0 aliphatic heterocycles. The van der Waals surface area contributed by atoms with Gasteiger partial charge in [0.25, 0.3) is 0 Å². The quantitative estimate of drug-likeness (QED) is 0.654. The van der Waals surface area contributed by atoms with Crippen molar-refractivity contribution in [3.05, 3.63) is 83.7 Å². The second-order valence-corrected chi connectivity index (χ2v) is 5.33. The summed E-state index contributed by atoms with van der Waals surface area (Å²) in [7, 11) is 0. The van der Waals surface area contributed by atoms with Crippen LogP contribution < -0.4 is 4.74 Å². The maximum atomic E-state index is 11.2. The van der Waals surface area contributed by atoms with Crippen molar-refractivity contribution in [1.82, 2.24) is 4.98 Å². The highest BCUT2D eigenvalue weighted by Crippen LogP contribution is 2.27. The van der Waals surface area contributed by atoms with Gasteiger partial charge in [-0.05, 0) is 36.2 Å². The van der Waals surface area contributed by atoms with E-state index in [-0.39, 0.29) is 0 Å². The Morgan fingerprint density at radius 1 is 1.00 bits per heavy atom. The molecule has 0 saturated carbocycles. The lowest BCUT2D eigenvalue weighted by Crippen LogP contribution is -1.98. The number of nitrogens with zero attached hydrogens (tertiary/aromatic N) is 1. The molecule has 0 aliphatic carbocycles. The van der Waals surface area contributed by atoms with Gasteiger partial charge in [0.2, 0.25) is 0 Å². The molecule has 0 spiro atoms. The summed E-state index contributed by atoms with van der Waals surface area (Å²) in [5, 5.41) is 0. The van der Waals surface area contributed by atoms with Gasteiger partial charge < -0.3 is 4.74 Å². The third-order valence-corrected chi connectivity index (χ3v) is 3.62. The summed E-state index contributed by atoms with van der Waals surface area (Å²) in [5.74, 6) is 0.585. The van der Waals surface area contributed by atoms with Crippen LogP contribution in [0.4, 0.5) is 0 Å². The van der Waals surface area contributed by atoms with Crippen molar-refractivity contribution in [1.29, 1.82) is 0 Å². The average molecular weight is 303 g/mol. The molecule has 3 rings (SSSR count). The number of aldehydes is 1. The molecule has 0 atom stereocenters. The Hall–Kier alpha value is -2.94. The number of carbonyl (C=O) groups is 1. The van der Waals surface area contributed by atoms with Crippen molar-refractivity contribution >= 4 is 6.29 Å². The van der Waals surface area contributed by atoms with E-state index in [1.54, 1.807) is 6.07 Å². The van der Waals surface area contributed by atoms with E-state index in [1.165, 1.54) is 0 Å². The van der Waals surface area contributed by atoms with Crippen LogP contribution in [0.2, 0.25) is 0 Å². The van der Waals surface area contributed by atoms with E-state index in [9.17, 15) is 4.79 Å². The van der Waals surface area contributed by atoms with Crippen LogP contribution in [-0.4, -0.2) is 11.3 Å². The van der Waals surface area contributed by atoms with Crippen LogP contribution in [0.15, 0.2) is 66.9 Å². The van der Waals surface area contributed by atoms with Crippen LogP contribution in [0, 0.1) is 6.92 Å². The van der Waals surface area contributed by atoms with Gasteiger partial charge in [0.1, 0.15) is 12.4 Å². The van der Waals surface area contributed by atoms with Gasteiger partial charge in [0, 0.05) is 17.5 Å². The van der Waals surface area contributed by atoms with E-state index in [0.717, 1.165) is 28.7 Å². The monoisotopic (exact) mass is 303 g/mol. The van der Waals surface area contributed by atoms with Crippen LogP contribution in [0.3, 0.4) is 0 Å². The third kappa shape index (κ3) is 3.64. The molecule has 0 bridgehead atoms. The van der Waals surface area contributed by atoms with Crippen molar-refractivity contribution in [3.8, 4) is 16.9 Å². The van der Waals surface area contributed by atoms with E-state index in [2.05, 4.69) is 4.98 Å². The summed E-state index contributed by atoms with van der Waals surface area (Å²) < 4.78 is 5.85. The largest absolute Gasteiger partial charge is 0.488 e. The highest BCUT2D eigenvalue weighted by molar-refractivity contribution is 5.81. The lowest BCUT2D eigenvalue weighted by molar-refractivity contribution is 0.111. The highest BCUT2D eigenvalue weighted by Gasteiger charge is 2.07. The normalized spacial score (nSPS) is 10.3. The van der Waals surface area contributed by atoms with Crippen molar-refractivity contribution in [3.63, 3.8) is 0 Å². The predicted octanol–water partition coefficient (Wildman–Crippen LogP) is 4.45. The third-order valence-electron chi connectivity index (χ3n) is 3.62. The van der Waals surface area contributed by atoms with Crippen LogP contribution in [0.5, 0.6) is 5.75 Å². The summed E-state index contributed by atoms with van der Waals surface area (Å²) >= 11 is 0. The van der Waals surface area contributed by atoms with Crippen LogP contribution in [-0.2, 0) is 6.61 Å². The minimum atomic E-state index is 0.428. The molecule has 0 unspecified atom stereocenters.